The zero-order valence-corrected chi connectivity index (χ0v) is 13.1. The predicted molar refractivity (Wildman–Crippen MR) is 81.8 cm³/mol. The van der Waals surface area contributed by atoms with Gasteiger partial charge in [-0.2, -0.15) is 0 Å². The van der Waals surface area contributed by atoms with Crippen molar-refractivity contribution < 1.29 is 14.4 Å². The summed E-state index contributed by atoms with van der Waals surface area (Å²) in [5, 5.41) is 0.401. The molecule has 22 heavy (non-hydrogen) atoms. The number of hydrogen-bond acceptors (Lipinski definition) is 3. The molecular formula is C16H17ClN2O3. The number of halogens is 1. The van der Waals surface area contributed by atoms with Gasteiger partial charge in [-0.05, 0) is 37.0 Å². The van der Waals surface area contributed by atoms with Crippen molar-refractivity contribution in [2.45, 2.75) is 19.8 Å². The maximum absolute atomic E-state index is 12.3. The number of nitrogens with zero attached hydrogens (tertiary/aromatic N) is 2. The normalized spacial score (nSPS) is 18.8. The Morgan fingerprint density at radius 3 is 2.50 bits per heavy atom. The number of carbonyl (C=O) groups is 3. The summed E-state index contributed by atoms with van der Waals surface area (Å²) in [6.45, 7) is 3.35. The van der Waals surface area contributed by atoms with E-state index in [1.165, 1.54) is 12.1 Å². The fraction of sp³-hybridized carbons (Fsp3) is 0.438. The first-order valence-corrected chi connectivity index (χ1v) is 7.78. The number of imide groups is 1. The molecule has 2 heterocycles. The van der Waals surface area contributed by atoms with Crippen molar-refractivity contribution in [2.24, 2.45) is 5.92 Å². The summed E-state index contributed by atoms with van der Waals surface area (Å²) in [5.41, 5.74) is 0.590. The van der Waals surface area contributed by atoms with Gasteiger partial charge in [-0.25, -0.2) is 0 Å². The van der Waals surface area contributed by atoms with Gasteiger partial charge >= 0.3 is 0 Å². The van der Waals surface area contributed by atoms with Crippen LogP contribution in [0.4, 0.5) is 0 Å². The summed E-state index contributed by atoms with van der Waals surface area (Å²) in [6.07, 6.45) is 1.92. The van der Waals surface area contributed by atoms with E-state index in [1.807, 2.05) is 0 Å². The minimum absolute atomic E-state index is 0.174. The van der Waals surface area contributed by atoms with Gasteiger partial charge in [-0.1, -0.05) is 18.5 Å². The van der Waals surface area contributed by atoms with Crippen molar-refractivity contribution in [3.63, 3.8) is 0 Å². The molecule has 1 aromatic rings. The van der Waals surface area contributed by atoms with Gasteiger partial charge in [-0.3, -0.25) is 19.3 Å². The minimum atomic E-state index is -0.443. The molecule has 0 unspecified atom stereocenters. The van der Waals surface area contributed by atoms with E-state index >= 15 is 0 Å². The standard InChI is InChI=1S/C16H17ClN2O3/c1-10-4-6-18(7-5-10)14(20)9-19-15(21)12-3-2-11(17)8-13(12)16(19)22/h2-3,8,10H,4-7,9H2,1H3. The van der Waals surface area contributed by atoms with Crippen molar-refractivity contribution in [1.82, 2.24) is 9.80 Å². The molecule has 0 aromatic heterocycles. The van der Waals surface area contributed by atoms with Gasteiger partial charge in [0.1, 0.15) is 6.54 Å². The highest BCUT2D eigenvalue weighted by Crippen LogP contribution is 2.26. The number of fused-ring (bicyclic) bond motifs is 1. The number of hydrogen-bond donors (Lipinski definition) is 0. The molecular weight excluding hydrogens is 304 g/mol. The van der Waals surface area contributed by atoms with Crippen LogP contribution in [0.5, 0.6) is 0 Å². The lowest BCUT2D eigenvalue weighted by Gasteiger charge is -2.31. The topological polar surface area (TPSA) is 57.7 Å². The molecule has 0 spiro atoms. The molecule has 1 aromatic carbocycles. The first-order valence-electron chi connectivity index (χ1n) is 7.41. The van der Waals surface area contributed by atoms with Crippen molar-refractivity contribution in [3.05, 3.63) is 34.3 Å². The third-order valence-electron chi connectivity index (χ3n) is 4.36. The third kappa shape index (κ3) is 2.61. The second kappa shape index (κ2) is 5.72. The van der Waals surface area contributed by atoms with Crippen LogP contribution in [0, 0.1) is 5.92 Å². The summed E-state index contributed by atoms with van der Waals surface area (Å²) in [7, 11) is 0. The largest absolute Gasteiger partial charge is 0.341 e. The van der Waals surface area contributed by atoms with Gasteiger partial charge in [-0.15, -0.1) is 0 Å². The van der Waals surface area contributed by atoms with Crippen LogP contribution >= 0.6 is 11.6 Å². The van der Waals surface area contributed by atoms with Crippen molar-refractivity contribution in [3.8, 4) is 0 Å². The van der Waals surface area contributed by atoms with E-state index in [0.717, 1.165) is 17.7 Å². The van der Waals surface area contributed by atoms with E-state index in [9.17, 15) is 14.4 Å². The SMILES string of the molecule is CC1CCN(C(=O)CN2C(=O)c3ccc(Cl)cc3C2=O)CC1. The van der Waals surface area contributed by atoms with E-state index in [0.29, 0.717) is 29.6 Å². The Hall–Kier alpha value is -1.88. The van der Waals surface area contributed by atoms with Crippen LogP contribution in [0.15, 0.2) is 18.2 Å². The quantitative estimate of drug-likeness (QED) is 0.785. The summed E-state index contributed by atoms with van der Waals surface area (Å²) in [6, 6.07) is 4.58. The Bertz CT molecular complexity index is 651. The molecule has 0 N–H and O–H groups in total. The molecule has 3 rings (SSSR count). The molecule has 2 aliphatic heterocycles. The molecule has 1 fully saturated rings. The van der Waals surface area contributed by atoms with Crippen LogP contribution in [-0.2, 0) is 4.79 Å². The van der Waals surface area contributed by atoms with E-state index in [4.69, 9.17) is 11.6 Å². The Balaban J connectivity index is 1.73. The summed E-state index contributed by atoms with van der Waals surface area (Å²) < 4.78 is 0. The van der Waals surface area contributed by atoms with Crippen LogP contribution in [0.2, 0.25) is 5.02 Å². The molecule has 1 saturated heterocycles. The van der Waals surface area contributed by atoms with Crippen molar-refractivity contribution in [2.75, 3.05) is 19.6 Å². The number of carbonyl (C=O) groups excluding carboxylic acids is 3. The zero-order chi connectivity index (χ0) is 15.9. The van der Waals surface area contributed by atoms with Gasteiger partial charge in [0.15, 0.2) is 0 Å². The molecule has 3 amide bonds. The Morgan fingerprint density at radius 2 is 1.82 bits per heavy atom. The minimum Gasteiger partial charge on any atom is -0.341 e. The molecule has 0 atom stereocenters. The maximum Gasteiger partial charge on any atom is 0.262 e. The van der Waals surface area contributed by atoms with Gasteiger partial charge in [0, 0.05) is 18.1 Å². The molecule has 2 aliphatic rings. The highest BCUT2D eigenvalue weighted by Gasteiger charge is 2.37. The van der Waals surface area contributed by atoms with Crippen LogP contribution in [0.1, 0.15) is 40.5 Å². The molecule has 6 heteroatoms. The van der Waals surface area contributed by atoms with Gasteiger partial charge < -0.3 is 4.90 Å². The average molecular weight is 321 g/mol. The van der Waals surface area contributed by atoms with Gasteiger partial charge in [0.25, 0.3) is 11.8 Å². The fourth-order valence-electron chi connectivity index (χ4n) is 2.90. The van der Waals surface area contributed by atoms with Crippen LogP contribution in [0.25, 0.3) is 0 Å². The van der Waals surface area contributed by atoms with Crippen molar-refractivity contribution >= 4 is 29.3 Å². The maximum atomic E-state index is 12.3. The Morgan fingerprint density at radius 1 is 1.18 bits per heavy atom. The van der Waals surface area contributed by atoms with Gasteiger partial charge in [0.05, 0.1) is 11.1 Å². The van der Waals surface area contributed by atoms with Crippen LogP contribution < -0.4 is 0 Å². The second-order valence-corrected chi connectivity index (χ2v) is 6.39. The summed E-state index contributed by atoms with van der Waals surface area (Å²) in [5.74, 6) is -0.422. The van der Waals surface area contributed by atoms with Crippen LogP contribution in [0.3, 0.4) is 0 Å². The van der Waals surface area contributed by atoms with Crippen LogP contribution in [-0.4, -0.2) is 47.2 Å². The van der Waals surface area contributed by atoms with E-state index in [2.05, 4.69) is 6.92 Å². The zero-order valence-electron chi connectivity index (χ0n) is 12.3. The molecule has 5 nitrogen and oxygen atoms in total. The van der Waals surface area contributed by atoms with E-state index < -0.39 is 11.8 Å². The number of likely N-dealkylation sites (tertiary alicyclic amines) is 1. The highest BCUT2D eigenvalue weighted by molar-refractivity contribution is 6.32. The predicted octanol–water partition coefficient (Wildman–Crippen LogP) is 2.19. The Kier molecular flexibility index (Phi) is 3.91. The number of amides is 3. The lowest BCUT2D eigenvalue weighted by molar-refractivity contribution is -0.132. The molecule has 116 valence electrons. The molecule has 0 saturated carbocycles. The molecule has 0 radical (unpaired) electrons. The fourth-order valence-corrected chi connectivity index (χ4v) is 3.07. The lowest BCUT2D eigenvalue weighted by Crippen LogP contribution is -2.45. The third-order valence-corrected chi connectivity index (χ3v) is 4.60. The summed E-state index contributed by atoms with van der Waals surface area (Å²) in [4.78, 5) is 39.7. The highest BCUT2D eigenvalue weighted by atomic mass is 35.5. The monoisotopic (exact) mass is 320 g/mol. The smallest absolute Gasteiger partial charge is 0.262 e. The van der Waals surface area contributed by atoms with E-state index in [-0.39, 0.29) is 18.0 Å². The summed E-state index contributed by atoms with van der Waals surface area (Å²) >= 11 is 5.87. The first-order chi connectivity index (χ1) is 10.5. The molecule has 0 bridgehead atoms. The van der Waals surface area contributed by atoms with Crippen molar-refractivity contribution in [1.29, 1.82) is 0 Å². The number of piperidine rings is 1. The average Bonchev–Trinajstić information content (AvgIpc) is 2.72. The van der Waals surface area contributed by atoms with E-state index in [1.54, 1.807) is 11.0 Å². The molecule has 0 aliphatic carbocycles. The number of benzene rings is 1. The number of rotatable bonds is 2. The van der Waals surface area contributed by atoms with Gasteiger partial charge in [0.2, 0.25) is 5.91 Å². The lowest BCUT2D eigenvalue weighted by atomic mass is 9.99. The first kappa shape index (κ1) is 15.0. The second-order valence-electron chi connectivity index (χ2n) is 5.95. The Labute approximate surface area is 133 Å².